The van der Waals surface area contributed by atoms with E-state index in [9.17, 15) is 19.0 Å². The highest BCUT2D eigenvalue weighted by atomic mass is 31.2. The fourth-order valence-corrected chi connectivity index (χ4v) is 10.6. The first-order valence-corrected chi connectivity index (χ1v) is 37.1. The summed E-state index contributed by atoms with van der Waals surface area (Å²) in [6, 6.07) is 0. The minimum atomic E-state index is -4.65. The lowest BCUT2D eigenvalue weighted by atomic mass is 10.0. The van der Waals surface area contributed by atoms with Gasteiger partial charge in [0.1, 0.15) is 19.8 Å². The lowest BCUT2D eigenvalue weighted by Gasteiger charge is -2.28. The van der Waals surface area contributed by atoms with E-state index in [0.717, 1.165) is 96.3 Å². The van der Waals surface area contributed by atoms with Crippen molar-refractivity contribution in [2.75, 3.05) is 47.5 Å². The predicted molar refractivity (Wildman–Crippen MR) is 369 cm³/mol. The van der Waals surface area contributed by atoms with Gasteiger partial charge in [0.2, 0.25) is 0 Å². The van der Waals surface area contributed by atoms with Crippen LogP contribution in [0, 0.1) is 0 Å². The first kappa shape index (κ1) is 82.7. The van der Waals surface area contributed by atoms with Crippen LogP contribution in [0.5, 0.6) is 0 Å². The summed E-state index contributed by atoms with van der Waals surface area (Å²) in [7, 11) is 1.16. The number of carbonyl (C=O) groups is 2. The summed E-state index contributed by atoms with van der Waals surface area (Å²) in [4.78, 5) is 38.1. The van der Waals surface area contributed by atoms with Crippen molar-refractivity contribution in [3.8, 4) is 0 Å². The van der Waals surface area contributed by atoms with Crippen LogP contribution in [0.25, 0.3) is 0 Å². The summed E-state index contributed by atoms with van der Waals surface area (Å²) in [5.74, 6) is -0.831. The zero-order valence-electron chi connectivity index (χ0n) is 56.5. The van der Waals surface area contributed by atoms with Gasteiger partial charge in [-0.1, -0.05) is 303 Å². The number of hydrogen-bond donors (Lipinski definition) is 0. The molecule has 0 bridgehead atoms. The molecule has 0 heterocycles. The van der Waals surface area contributed by atoms with Gasteiger partial charge in [-0.05, 0) is 103 Å². The average Bonchev–Trinajstić information content (AvgIpc) is 3.67. The SMILES string of the molecule is CC/C=C\C/C=C\C/C=C\C/C=C\C/C=C\C/C=C\CCCCCCCCCCCCCCCCCCCCC(=O)OC(COC(=O)CCCCCCCCCCCC/C=C\C/C=C\C/C=C\CCCCCCC)COP(=O)([O-])OCC[N+](C)(C)C. The lowest BCUT2D eigenvalue weighted by molar-refractivity contribution is -0.870. The van der Waals surface area contributed by atoms with Crippen molar-refractivity contribution in [3.05, 3.63) is 109 Å². The number of hydrogen-bond acceptors (Lipinski definition) is 8. The molecule has 86 heavy (non-hydrogen) atoms. The Hall–Kier alpha value is -3.33. The van der Waals surface area contributed by atoms with Crippen LogP contribution < -0.4 is 4.89 Å². The molecule has 0 aromatic heterocycles. The second-order valence-electron chi connectivity index (χ2n) is 24.9. The van der Waals surface area contributed by atoms with E-state index in [1.165, 1.54) is 180 Å². The summed E-state index contributed by atoms with van der Waals surface area (Å²) < 4.78 is 34.3. The van der Waals surface area contributed by atoms with Gasteiger partial charge in [-0.2, -0.15) is 0 Å². The van der Waals surface area contributed by atoms with Crippen LogP contribution in [0.4, 0.5) is 0 Å². The molecule has 0 aromatic carbocycles. The van der Waals surface area contributed by atoms with Crippen LogP contribution in [0.2, 0.25) is 0 Å². The number of phosphoric acid groups is 1. The summed E-state index contributed by atoms with van der Waals surface area (Å²) in [6.07, 6.45) is 93.1. The van der Waals surface area contributed by atoms with Gasteiger partial charge in [0.05, 0.1) is 27.7 Å². The first-order chi connectivity index (χ1) is 42.0. The second-order valence-corrected chi connectivity index (χ2v) is 26.3. The summed E-state index contributed by atoms with van der Waals surface area (Å²) in [5, 5.41) is 0. The number of unbranched alkanes of at least 4 members (excludes halogenated alkanes) is 33. The van der Waals surface area contributed by atoms with Crippen LogP contribution in [-0.2, 0) is 32.7 Å². The van der Waals surface area contributed by atoms with E-state index in [4.69, 9.17) is 18.5 Å². The maximum atomic E-state index is 12.9. The quantitative estimate of drug-likeness (QED) is 0.0195. The van der Waals surface area contributed by atoms with Gasteiger partial charge >= 0.3 is 11.9 Å². The average molecular weight is 1220 g/mol. The third kappa shape index (κ3) is 69.8. The van der Waals surface area contributed by atoms with Crippen molar-refractivity contribution < 1.29 is 42.1 Å². The van der Waals surface area contributed by atoms with Gasteiger partial charge < -0.3 is 27.9 Å². The second kappa shape index (κ2) is 66.1. The normalized spacial score (nSPS) is 13.8. The number of ether oxygens (including phenoxy) is 2. The molecule has 0 radical (unpaired) electrons. The standard InChI is InChI=1S/C76H134NO8P/c1-6-8-10-12-14-16-18-20-22-24-26-28-30-32-33-34-35-36-37-38-39-40-41-42-43-45-47-49-51-53-55-57-59-61-63-65-67-69-76(79)85-74(73-84-86(80,81)83-71-70-77(3,4)5)72-82-75(78)68-66-64-62-60-58-56-54-52-50-48-46-44-31-29-27-25-23-21-19-17-15-13-11-9-7-2/h8,10,14,16,19-22,25-28,31-33,35-36,44,74H,6-7,9,11-13,15,17-18,23-24,29-30,34,37-43,45-73H2,1-5H3/b10-8-,16-14-,21-19-,22-20-,27-25-,28-26-,33-32-,36-35-,44-31-. The first-order valence-electron chi connectivity index (χ1n) is 35.6. The number of phosphoric ester groups is 1. The minimum Gasteiger partial charge on any atom is -0.756 e. The maximum Gasteiger partial charge on any atom is 0.306 e. The zero-order chi connectivity index (χ0) is 62.6. The molecule has 9 nitrogen and oxygen atoms in total. The molecule has 0 N–H and O–H groups in total. The molecule has 0 amide bonds. The molecule has 2 unspecified atom stereocenters. The molecule has 0 fully saturated rings. The Morgan fingerprint density at radius 1 is 0.372 bits per heavy atom. The lowest BCUT2D eigenvalue weighted by Crippen LogP contribution is -2.37. The molecule has 0 aliphatic rings. The number of likely N-dealkylation sites (N-methyl/N-ethyl adjacent to an activating group) is 1. The molecule has 2 atom stereocenters. The van der Waals surface area contributed by atoms with Crippen LogP contribution in [0.3, 0.4) is 0 Å². The van der Waals surface area contributed by atoms with E-state index >= 15 is 0 Å². The molecule has 0 saturated carbocycles. The Labute approximate surface area is 531 Å². The Morgan fingerprint density at radius 3 is 0.988 bits per heavy atom. The highest BCUT2D eigenvalue weighted by molar-refractivity contribution is 7.45. The third-order valence-electron chi connectivity index (χ3n) is 15.3. The smallest absolute Gasteiger partial charge is 0.306 e. The number of carbonyl (C=O) groups excluding carboxylic acids is 2. The van der Waals surface area contributed by atoms with E-state index in [2.05, 4.69) is 123 Å². The number of allylic oxidation sites excluding steroid dienone is 18. The molecular formula is C76H134NO8P. The van der Waals surface area contributed by atoms with Gasteiger partial charge in [0.25, 0.3) is 7.82 Å². The summed E-state index contributed by atoms with van der Waals surface area (Å²) >= 11 is 0. The maximum absolute atomic E-state index is 12.9. The topological polar surface area (TPSA) is 111 Å². The highest BCUT2D eigenvalue weighted by Crippen LogP contribution is 2.38. The van der Waals surface area contributed by atoms with Crippen molar-refractivity contribution in [2.45, 2.75) is 315 Å². The van der Waals surface area contributed by atoms with Gasteiger partial charge in [-0.15, -0.1) is 0 Å². The number of quaternary nitrogens is 1. The highest BCUT2D eigenvalue weighted by Gasteiger charge is 2.22. The van der Waals surface area contributed by atoms with Crippen molar-refractivity contribution in [1.82, 2.24) is 0 Å². The van der Waals surface area contributed by atoms with E-state index in [0.29, 0.717) is 17.4 Å². The summed E-state index contributed by atoms with van der Waals surface area (Å²) in [6.45, 7) is 4.14. The molecule has 0 saturated heterocycles. The van der Waals surface area contributed by atoms with Crippen molar-refractivity contribution in [3.63, 3.8) is 0 Å². The van der Waals surface area contributed by atoms with Gasteiger partial charge in [0, 0.05) is 12.8 Å². The Bertz CT molecular complexity index is 1820. The predicted octanol–water partition coefficient (Wildman–Crippen LogP) is 22.6. The number of nitrogens with zero attached hydrogens (tertiary/aromatic N) is 1. The Morgan fingerprint density at radius 2 is 0.663 bits per heavy atom. The van der Waals surface area contributed by atoms with Crippen LogP contribution >= 0.6 is 7.82 Å². The largest absolute Gasteiger partial charge is 0.756 e. The van der Waals surface area contributed by atoms with Crippen LogP contribution in [0.15, 0.2) is 109 Å². The van der Waals surface area contributed by atoms with Crippen molar-refractivity contribution >= 4 is 19.8 Å². The molecule has 0 aliphatic heterocycles. The van der Waals surface area contributed by atoms with E-state index in [1.54, 1.807) is 0 Å². The van der Waals surface area contributed by atoms with Gasteiger partial charge in [0.15, 0.2) is 6.10 Å². The fourth-order valence-electron chi connectivity index (χ4n) is 9.85. The van der Waals surface area contributed by atoms with Gasteiger partial charge in [-0.25, -0.2) is 0 Å². The van der Waals surface area contributed by atoms with Crippen molar-refractivity contribution in [1.29, 1.82) is 0 Å². The van der Waals surface area contributed by atoms with Crippen molar-refractivity contribution in [2.24, 2.45) is 0 Å². The minimum absolute atomic E-state index is 0.0341. The molecule has 0 aliphatic carbocycles. The van der Waals surface area contributed by atoms with Crippen LogP contribution in [-0.4, -0.2) is 70.0 Å². The molecule has 0 aromatic rings. The monoisotopic (exact) mass is 1220 g/mol. The number of esters is 2. The summed E-state index contributed by atoms with van der Waals surface area (Å²) in [5.41, 5.74) is 0. The molecule has 0 rings (SSSR count). The van der Waals surface area contributed by atoms with E-state index in [-0.39, 0.29) is 32.0 Å². The molecule has 0 spiro atoms. The zero-order valence-corrected chi connectivity index (χ0v) is 57.4. The van der Waals surface area contributed by atoms with E-state index < -0.39 is 26.5 Å². The Kier molecular flexibility index (Phi) is 63.5. The molecular weight excluding hydrogens is 1090 g/mol. The van der Waals surface area contributed by atoms with Gasteiger partial charge in [-0.3, -0.25) is 14.2 Å². The van der Waals surface area contributed by atoms with E-state index in [1.807, 2.05) is 21.1 Å². The number of rotatable bonds is 65. The van der Waals surface area contributed by atoms with Crippen LogP contribution in [0.1, 0.15) is 309 Å². The molecule has 496 valence electrons. The fraction of sp³-hybridized carbons (Fsp3) is 0.737. The molecule has 10 heteroatoms. The third-order valence-corrected chi connectivity index (χ3v) is 16.2. The Balaban J connectivity index is 4.03.